The second-order valence-corrected chi connectivity index (χ2v) is 3.22. The van der Waals surface area contributed by atoms with Crippen LogP contribution < -0.4 is 5.73 Å². The molecule has 0 bridgehead atoms. The summed E-state index contributed by atoms with van der Waals surface area (Å²) in [5, 5.41) is 0. The van der Waals surface area contributed by atoms with Gasteiger partial charge in [-0.05, 0) is 30.5 Å². The van der Waals surface area contributed by atoms with Gasteiger partial charge in [0.25, 0.3) is 0 Å². The van der Waals surface area contributed by atoms with Gasteiger partial charge in [-0.1, -0.05) is 13.0 Å². The standard InChI is InChI=1S/C11H15FN2/c1-4-8-5-7(2)9(6-10(8)12)11(13)14-3/h5-6H,4H2,1-3H3,(H2,13,14). The third-order valence-corrected chi connectivity index (χ3v) is 2.29. The van der Waals surface area contributed by atoms with Gasteiger partial charge in [0.15, 0.2) is 0 Å². The summed E-state index contributed by atoms with van der Waals surface area (Å²) >= 11 is 0. The topological polar surface area (TPSA) is 38.4 Å². The van der Waals surface area contributed by atoms with E-state index in [0.29, 0.717) is 17.8 Å². The van der Waals surface area contributed by atoms with Gasteiger partial charge in [0, 0.05) is 12.6 Å². The van der Waals surface area contributed by atoms with Crippen LogP contribution in [0.4, 0.5) is 4.39 Å². The molecule has 14 heavy (non-hydrogen) atoms. The van der Waals surface area contributed by atoms with Gasteiger partial charge in [0.1, 0.15) is 11.7 Å². The molecule has 0 amide bonds. The lowest BCUT2D eigenvalue weighted by Gasteiger charge is -2.08. The Labute approximate surface area is 83.7 Å². The van der Waals surface area contributed by atoms with Gasteiger partial charge in [-0.15, -0.1) is 0 Å². The lowest BCUT2D eigenvalue weighted by molar-refractivity contribution is 0.611. The van der Waals surface area contributed by atoms with Crippen LogP contribution in [0.3, 0.4) is 0 Å². The molecule has 0 saturated heterocycles. The molecule has 1 rings (SSSR count). The predicted octanol–water partition coefficient (Wildman–Crippen LogP) is 2.03. The van der Waals surface area contributed by atoms with E-state index in [1.54, 1.807) is 7.05 Å². The number of halogens is 1. The number of hydrogen-bond donors (Lipinski definition) is 1. The number of aryl methyl sites for hydroxylation is 2. The SMILES string of the molecule is CCc1cc(C)c(C(N)=NC)cc1F. The van der Waals surface area contributed by atoms with Crippen molar-refractivity contribution in [3.8, 4) is 0 Å². The average molecular weight is 194 g/mol. The van der Waals surface area contributed by atoms with Gasteiger partial charge in [-0.3, -0.25) is 4.99 Å². The Balaban J connectivity index is 3.29. The molecule has 0 aromatic heterocycles. The first-order valence-corrected chi connectivity index (χ1v) is 4.61. The fraction of sp³-hybridized carbons (Fsp3) is 0.364. The maximum absolute atomic E-state index is 13.4. The summed E-state index contributed by atoms with van der Waals surface area (Å²) in [5.74, 6) is 0.170. The summed E-state index contributed by atoms with van der Waals surface area (Å²) in [6.07, 6.45) is 0.691. The van der Waals surface area contributed by atoms with E-state index in [1.165, 1.54) is 6.07 Å². The molecular weight excluding hydrogens is 179 g/mol. The van der Waals surface area contributed by atoms with Gasteiger partial charge in [0.2, 0.25) is 0 Å². The van der Waals surface area contributed by atoms with Crippen LogP contribution in [0.5, 0.6) is 0 Å². The molecule has 0 unspecified atom stereocenters. The highest BCUT2D eigenvalue weighted by atomic mass is 19.1. The molecule has 0 radical (unpaired) electrons. The van der Waals surface area contributed by atoms with Crippen molar-refractivity contribution in [2.24, 2.45) is 10.7 Å². The summed E-state index contributed by atoms with van der Waals surface area (Å²) < 4.78 is 13.4. The summed E-state index contributed by atoms with van der Waals surface area (Å²) in [6, 6.07) is 3.28. The lowest BCUT2D eigenvalue weighted by atomic mass is 10.0. The minimum Gasteiger partial charge on any atom is -0.384 e. The number of hydrogen-bond acceptors (Lipinski definition) is 1. The van der Waals surface area contributed by atoms with Gasteiger partial charge < -0.3 is 5.73 Å². The van der Waals surface area contributed by atoms with Crippen LogP contribution in [-0.2, 0) is 6.42 Å². The molecule has 0 heterocycles. The zero-order valence-electron chi connectivity index (χ0n) is 8.76. The van der Waals surface area contributed by atoms with E-state index in [-0.39, 0.29) is 5.82 Å². The Morgan fingerprint density at radius 3 is 2.64 bits per heavy atom. The quantitative estimate of drug-likeness (QED) is 0.567. The second-order valence-electron chi connectivity index (χ2n) is 3.22. The molecule has 0 spiro atoms. The molecule has 0 aliphatic heterocycles. The third kappa shape index (κ3) is 1.92. The van der Waals surface area contributed by atoms with E-state index in [0.717, 1.165) is 11.1 Å². The molecular formula is C11H15FN2. The summed E-state index contributed by atoms with van der Waals surface area (Å²) in [7, 11) is 1.60. The Kier molecular flexibility index (Phi) is 3.23. The van der Waals surface area contributed by atoms with Crippen molar-refractivity contribution >= 4 is 5.84 Å². The summed E-state index contributed by atoms with van der Waals surface area (Å²) in [4.78, 5) is 3.84. The van der Waals surface area contributed by atoms with Crippen molar-refractivity contribution in [1.82, 2.24) is 0 Å². The zero-order chi connectivity index (χ0) is 10.7. The first-order valence-electron chi connectivity index (χ1n) is 4.61. The van der Waals surface area contributed by atoms with E-state index >= 15 is 0 Å². The predicted molar refractivity (Wildman–Crippen MR) is 57.2 cm³/mol. The summed E-state index contributed by atoms with van der Waals surface area (Å²) in [5.41, 5.74) is 8.00. The van der Waals surface area contributed by atoms with Gasteiger partial charge in [-0.25, -0.2) is 4.39 Å². The number of amidine groups is 1. The molecule has 0 aliphatic rings. The molecule has 0 atom stereocenters. The van der Waals surface area contributed by atoms with Crippen LogP contribution in [0.1, 0.15) is 23.6 Å². The molecule has 1 aromatic rings. The number of aliphatic imine (C=N–C) groups is 1. The number of benzene rings is 1. The fourth-order valence-electron chi connectivity index (χ4n) is 1.41. The van der Waals surface area contributed by atoms with Crippen LogP contribution in [0.2, 0.25) is 0 Å². The molecule has 76 valence electrons. The summed E-state index contributed by atoms with van der Waals surface area (Å²) in [6.45, 7) is 3.83. The van der Waals surface area contributed by atoms with Crippen molar-refractivity contribution < 1.29 is 4.39 Å². The largest absolute Gasteiger partial charge is 0.384 e. The van der Waals surface area contributed by atoms with Crippen molar-refractivity contribution in [1.29, 1.82) is 0 Å². The third-order valence-electron chi connectivity index (χ3n) is 2.29. The first kappa shape index (κ1) is 10.7. The minimum absolute atomic E-state index is 0.209. The second kappa shape index (κ2) is 4.22. The van der Waals surface area contributed by atoms with Gasteiger partial charge in [0.05, 0.1) is 0 Å². The molecule has 2 nitrogen and oxygen atoms in total. The van der Waals surface area contributed by atoms with Crippen molar-refractivity contribution in [2.45, 2.75) is 20.3 Å². The van der Waals surface area contributed by atoms with Crippen LogP contribution in [0.15, 0.2) is 17.1 Å². The fourth-order valence-corrected chi connectivity index (χ4v) is 1.41. The van der Waals surface area contributed by atoms with Gasteiger partial charge >= 0.3 is 0 Å². The van der Waals surface area contributed by atoms with Crippen molar-refractivity contribution in [3.05, 3.63) is 34.6 Å². The highest BCUT2D eigenvalue weighted by Gasteiger charge is 2.08. The van der Waals surface area contributed by atoms with E-state index in [1.807, 2.05) is 19.9 Å². The van der Waals surface area contributed by atoms with E-state index in [9.17, 15) is 4.39 Å². The van der Waals surface area contributed by atoms with Crippen LogP contribution in [0.25, 0.3) is 0 Å². The molecule has 0 aliphatic carbocycles. The number of nitrogens with zero attached hydrogens (tertiary/aromatic N) is 1. The number of nitrogens with two attached hydrogens (primary N) is 1. The van der Waals surface area contributed by atoms with Gasteiger partial charge in [-0.2, -0.15) is 0 Å². The van der Waals surface area contributed by atoms with Crippen LogP contribution in [-0.4, -0.2) is 12.9 Å². The zero-order valence-corrected chi connectivity index (χ0v) is 8.76. The maximum atomic E-state index is 13.4. The number of rotatable bonds is 2. The minimum atomic E-state index is -0.209. The Morgan fingerprint density at radius 1 is 1.50 bits per heavy atom. The Hall–Kier alpha value is -1.38. The lowest BCUT2D eigenvalue weighted by Crippen LogP contribution is -2.15. The molecule has 0 saturated carbocycles. The normalized spacial score (nSPS) is 11.9. The van der Waals surface area contributed by atoms with E-state index in [4.69, 9.17) is 5.73 Å². The molecule has 1 aromatic carbocycles. The molecule has 2 N–H and O–H groups in total. The Morgan fingerprint density at radius 2 is 2.14 bits per heavy atom. The van der Waals surface area contributed by atoms with Crippen molar-refractivity contribution in [2.75, 3.05) is 7.05 Å². The van der Waals surface area contributed by atoms with Crippen LogP contribution >= 0.6 is 0 Å². The molecule has 0 fully saturated rings. The van der Waals surface area contributed by atoms with Crippen molar-refractivity contribution in [3.63, 3.8) is 0 Å². The maximum Gasteiger partial charge on any atom is 0.127 e. The first-order chi connectivity index (χ1) is 6.60. The monoisotopic (exact) mass is 194 g/mol. The molecule has 3 heteroatoms. The van der Waals surface area contributed by atoms with E-state index < -0.39 is 0 Å². The average Bonchev–Trinajstić information content (AvgIpc) is 2.19. The highest BCUT2D eigenvalue weighted by Crippen LogP contribution is 2.15. The Bertz CT molecular complexity index is 370. The highest BCUT2D eigenvalue weighted by molar-refractivity contribution is 5.98. The smallest absolute Gasteiger partial charge is 0.127 e. The van der Waals surface area contributed by atoms with E-state index in [2.05, 4.69) is 4.99 Å². The van der Waals surface area contributed by atoms with Crippen LogP contribution in [0, 0.1) is 12.7 Å².